The maximum Gasteiger partial charge on any atom is 0.257 e. The number of rotatable bonds is 3. The van der Waals surface area contributed by atoms with Crippen LogP contribution in [0, 0.1) is 5.92 Å². The van der Waals surface area contributed by atoms with Crippen molar-refractivity contribution in [1.82, 2.24) is 20.2 Å². The van der Waals surface area contributed by atoms with Crippen molar-refractivity contribution in [2.75, 3.05) is 13.1 Å². The van der Waals surface area contributed by atoms with Crippen LogP contribution in [-0.4, -0.2) is 45.8 Å². The molecule has 1 aromatic carbocycles. The highest BCUT2D eigenvalue weighted by atomic mass is 16.2. The Hall–Kier alpha value is -2.76. The van der Waals surface area contributed by atoms with Gasteiger partial charge in [-0.2, -0.15) is 0 Å². The highest BCUT2D eigenvalue weighted by molar-refractivity contribution is 5.98. The highest BCUT2D eigenvalue weighted by Gasteiger charge is 2.35. The third-order valence-electron chi connectivity index (χ3n) is 4.08. The lowest BCUT2D eigenvalue weighted by Crippen LogP contribution is -2.59. The number of hydrogen-bond donors (Lipinski definition) is 1. The number of aromatic nitrogens is 2. The molecule has 124 valence electrons. The van der Waals surface area contributed by atoms with Gasteiger partial charge in [0, 0.05) is 31.0 Å². The molecule has 1 aromatic heterocycles. The Morgan fingerprint density at radius 1 is 1.21 bits per heavy atom. The van der Waals surface area contributed by atoms with Crippen LogP contribution >= 0.6 is 0 Å². The van der Waals surface area contributed by atoms with Gasteiger partial charge in [-0.25, -0.2) is 9.97 Å². The molecule has 0 bridgehead atoms. The molecule has 1 unspecified atom stereocenters. The fourth-order valence-electron chi connectivity index (χ4n) is 2.92. The van der Waals surface area contributed by atoms with Crippen molar-refractivity contribution < 1.29 is 9.59 Å². The fraction of sp³-hybridized carbons (Fsp3) is 0.333. The second kappa shape index (κ2) is 6.78. The van der Waals surface area contributed by atoms with Gasteiger partial charge in [-0.15, -0.1) is 0 Å². The number of carbonyl (C=O) groups is 2. The first-order valence-electron chi connectivity index (χ1n) is 8.04. The van der Waals surface area contributed by atoms with E-state index in [1.165, 1.54) is 12.4 Å². The molecule has 6 nitrogen and oxygen atoms in total. The Kier molecular flexibility index (Phi) is 4.55. The van der Waals surface area contributed by atoms with Crippen LogP contribution in [0.1, 0.15) is 24.2 Å². The number of carbonyl (C=O) groups excluding carboxylic acids is 2. The Bertz CT molecular complexity index is 728. The maximum absolute atomic E-state index is 12.8. The monoisotopic (exact) mass is 324 g/mol. The summed E-state index contributed by atoms with van der Waals surface area (Å²) in [5.74, 6) is 0.303. The zero-order chi connectivity index (χ0) is 17.1. The van der Waals surface area contributed by atoms with Crippen molar-refractivity contribution in [1.29, 1.82) is 0 Å². The van der Waals surface area contributed by atoms with E-state index < -0.39 is 6.04 Å². The fourth-order valence-corrected chi connectivity index (χ4v) is 2.92. The van der Waals surface area contributed by atoms with Crippen molar-refractivity contribution >= 4 is 11.8 Å². The van der Waals surface area contributed by atoms with Gasteiger partial charge in [-0.05, 0) is 5.92 Å². The van der Waals surface area contributed by atoms with E-state index in [0.29, 0.717) is 24.5 Å². The summed E-state index contributed by atoms with van der Waals surface area (Å²) in [6.45, 7) is 4.83. The van der Waals surface area contributed by atoms with E-state index in [1.807, 2.05) is 44.2 Å². The molecule has 0 spiro atoms. The smallest absolute Gasteiger partial charge is 0.257 e. The number of nitrogens with one attached hydrogen (secondary N) is 1. The van der Waals surface area contributed by atoms with Gasteiger partial charge in [0.25, 0.3) is 5.91 Å². The quantitative estimate of drug-likeness (QED) is 0.933. The van der Waals surface area contributed by atoms with Gasteiger partial charge in [0.2, 0.25) is 5.91 Å². The van der Waals surface area contributed by atoms with E-state index in [4.69, 9.17) is 0 Å². The molecule has 1 aliphatic heterocycles. The topological polar surface area (TPSA) is 75.2 Å². The average Bonchev–Trinajstić information content (AvgIpc) is 2.61. The largest absolute Gasteiger partial charge is 0.353 e. The second-order valence-electron chi connectivity index (χ2n) is 6.14. The molecule has 1 N–H and O–H groups in total. The van der Waals surface area contributed by atoms with E-state index in [-0.39, 0.29) is 17.7 Å². The van der Waals surface area contributed by atoms with E-state index in [1.54, 1.807) is 4.90 Å². The summed E-state index contributed by atoms with van der Waals surface area (Å²) < 4.78 is 0. The van der Waals surface area contributed by atoms with Crippen molar-refractivity contribution in [3.05, 3.63) is 48.3 Å². The number of amides is 2. The summed E-state index contributed by atoms with van der Waals surface area (Å²) in [4.78, 5) is 35.1. The first-order chi connectivity index (χ1) is 11.6. The molecule has 0 saturated carbocycles. The van der Waals surface area contributed by atoms with Gasteiger partial charge < -0.3 is 10.2 Å². The van der Waals surface area contributed by atoms with Gasteiger partial charge in [0.05, 0.1) is 5.56 Å². The number of nitrogens with zero attached hydrogens (tertiary/aromatic N) is 3. The highest BCUT2D eigenvalue weighted by Crippen LogP contribution is 2.18. The van der Waals surface area contributed by atoms with Gasteiger partial charge in [-0.3, -0.25) is 9.59 Å². The Morgan fingerprint density at radius 3 is 2.50 bits per heavy atom. The predicted molar refractivity (Wildman–Crippen MR) is 90.1 cm³/mol. The molecule has 1 saturated heterocycles. The normalized spacial score (nSPS) is 17.7. The molecule has 6 heteroatoms. The molecule has 2 amide bonds. The molecule has 24 heavy (non-hydrogen) atoms. The lowest BCUT2D eigenvalue weighted by atomic mass is 9.99. The van der Waals surface area contributed by atoms with Crippen molar-refractivity contribution in [3.63, 3.8) is 0 Å². The Labute approximate surface area is 140 Å². The maximum atomic E-state index is 12.8. The first-order valence-corrected chi connectivity index (χ1v) is 8.04. The molecule has 1 aliphatic rings. The predicted octanol–water partition coefficient (Wildman–Crippen LogP) is 1.74. The second-order valence-corrected chi connectivity index (χ2v) is 6.14. The van der Waals surface area contributed by atoms with Crippen LogP contribution in [0.4, 0.5) is 0 Å². The van der Waals surface area contributed by atoms with Crippen LogP contribution in [0.2, 0.25) is 0 Å². The van der Waals surface area contributed by atoms with Crippen molar-refractivity contribution in [2.24, 2.45) is 5.92 Å². The summed E-state index contributed by atoms with van der Waals surface area (Å²) in [5, 5.41) is 2.82. The molecule has 3 rings (SSSR count). The summed E-state index contributed by atoms with van der Waals surface area (Å²) in [5.41, 5.74) is 1.30. The molecule has 0 radical (unpaired) electrons. The molecular formula is C18H20N4O2. The van der Waals surface area contributed by atoms with Gasteiger partial charge in [-0.1, -0.05) is 44.2 Å². The minimum atomic E-state index is -0.458. The zero-order valence-corrected chi connectivity index (χ0v) is 13.8. The van der Waals surface area contributed by atoms with Crippen LogP contribution in [0.3, 0.4) is 0 Å². The van der Waals surface area contributed by atoms with Crippen molar-refractivity contribution in [3.8, 4) is 11.4 Å². The molecule has 1 atom stereocenters. The van der Waals surface area contributed by atoms with Crippen molar-refractivity contribution in [2.45, 2.75) is 19.9 Å². The van der Waals surface area contributed by atoms with E-state index in [2.05, 4.69) is 15.3 Å². The molecule has 0 aliphatic carbocycles. The van der Waals surface area contributed by atoms with Crippen LogP contribution in [0.5, 0.6) is 0 Å². The Morgan fingerprint density at radius 2 is 1.88 bits per heavy atom. The number of piperazine rings is 1. The summed E-state index contributed by atoms with van der Waals surface area (Å²) >= 11 is 0. The SMILES string of the molecule is CC(C)C1C(=O)NCCN1C(=O)c1cnc(-c2ccccc2)nc1. The average molecular weight is 324 g/mol. The van der Waals surface area contributed by atoms with Crippen LogP contribution in [-0.2, 0) is 4.79 Å². The Balaban J connectivity index is 1.83. The molecule has 1 fully saturated rings. The standard InChI is InChI=1S/C18H20N4O2/c1-12(2)15-17(23)19-8-9-22(15)18(24)14-10-20-16(21-11-14)13-6-4-3-5-7-13/h3-7,10-12,15H,8-9H2,1-2H3,(H,19,23). The lowest BCUT2D eigenvalue weighted by molar-refractivity contribution is -0.129. The minimum Gasteiger partial charge on any atom is -0.353 e. The zero-order valence-electron chi connectivity index (χ0n) is 13.8. The number of benzene rings is 1. The van der Waals surface area contributed by atoms with Crippen LogP contribution in [0.15, 0.2) is 42.7 Å². The lowest BCUT2D eigenvalue weighted by Gasteiger charge is -2.37. The summed E-state index contributed by atoms with van der Waals surface area (Å²) in [7, 11) is 0. The summed E-state index contributed by atoms with van der Waals surface area (Å²) in [6, 6.07) is 9.13. The third-order valence-corrected chi connectivity index (χ3v) is 4.08. The molecule has 2 aromatic rings. The van der Waals surface area contributed by atoms with Crippen LogP contribution < -0.4 is 5.32 Å². The van der Waals surface area contributed by atoms with Gasteiger partial charge in [0.1, 0.15) is 6.04 Å². The van der Waals surface area contributed by atoms with Gasteiger partial charge in [0.15, 0.2) is 5.82 Å². The minimum absolute atomic E-state index is 0.0405. The van der Waals surface area contributed by atoms with E-state index in [9.17, 15) is 9.59 Å². The molecule has 2 heterocycles. The van der Waals surface area contributed by atoms with E-state index in [0.717, 1.165) is 5.56 Å². The summed E-state index contributed by atoms with van der Waals surface area (Å²) in [6.07, 6.45) is 3.06. The number of hydrogen-bond acceptors (Lipinski definition) is 4. The first kappa shape index (κ1) is 16.1. The molecular weight excluding hydrogens is 304 g/mol. The third kappa shape index (κ3) is 3.13. The van der Waals surface area contributed by atoms with Crippen LogP contribution in [0.25, 0.3) is 11.4 Å². The van der Waals surface area contributed by atoms with Gasteiger partial charge >= 0.3 is 0 Å². The van der Waals surface area contributed by atoms with E-state index >= 15 is 0 Å².